The quantitative estimate of drug-likeness (QED) is 0.900. The lowest BCUT2D eigenvalue weighted by Gasteiger charge is -2.21. The van der Waals surface area contributed by atoms with E-state index >= 15 is 0 Å². The number of benzene rings is 2. The number of phenolic OH excluding ortho intramolecular Hbond substituents is 1. The van der Waals surface area contributed by atoms with Crippen LogP contribution >= 0.6 is 0 Å². The molecular weight excluding hydrogens is 286 g/mol. The summed E-state index contributed by atoms with van der Waals surface area (Å²) >= 11 is 0. The highest BCUT2D eigenvalue weighted by Crippen LogP contribution is 2.28. The molecule has 122 valence electrons. The van der Waals surface area contributed by atoms with Crippen LogP contribution in [-0.2, 0) is 0 Å². The molecule has 0 aliphatic carbocycles. The number of hydrogen-bond donors (Lipinski definition) is 1. The molecule has 0 saturated carbocycles. The summed E-state index contributed by atoms with van der Waals surface area (Å²) in [5.74, 6) is 0.788. The lowest BCUT2D eigenvalue weighted by Crippen LogP contribution is -2.32. The van der Waals surface area contributed by atoms with Gasteiger partial charge in [0.05, 0.1) is 5.56 Å². The number of fused-ring (bicyclic) bond motifs is 1. The molecule has 1 heterocycles. The van der Waals surface area contributed by atoms with Gasteiger partial charge in [0.1, 0.15) is 5.75 Å². The molecule has 1 atom stereocenters. The fourth-order valence-electron chi connectivity index (χ4n) is 3.64. The fraction of sp³-hybridized carbons (Fsp3) is 0.450. The van der Waals surface area contributed by atoms with Crippen LogP contribution in [0.2, 0.25) is 0 Å². The second kappa shape index (κ2) is 7.03. The van der Waals surface area contributed by atoms with Crippen molar-refractivity contribution in [1.29, 1.82) is 0 Å². The Balaban J connectivity index is 1.81. The van der Waals surface area contributed by atoms with E-state index in [-0.39, 0.29) is 11.7 Å². The number of nitrogens with zero attached hydrogens (tertiary/aromatic N) is 1. The first-order chi connectivity index (χ1) is 11.2. The highest BCUT2D eigenvalue weighted by molar-refractivity contribution is 6.01. The molecule has 0 bridgehead atoms. The fourth-order valence-corrected chi connectivity index (χ4v) is 3.64. The molecule has 1 aliphatic heterocycles. The number of carbonyl (C=O) groups is 1. The average molecular weight is 311 g/mol. The molecule has 0 aromatic heterocycles. The maximum Gasteiger partial charge on any atom is 0.257 e. The molecule has 3 rings (SSSR count). The van der Waals surface area contributed by atoms with E-state index in [1.165, 1.54) is 19.3 Å². The summed E-state index contributed by atoms with van der Waals surface area (Å²) in [4.78, 5) is 14.8. The van der Waals surface area contributed by atoms with Crippen molar-refractivity contribution in [3.8, 4) is 5.75 Å². The van der Waals surface area contributed by atoms with Gasteiger partial charge in [-0.15, -0.1) is 0 Å². The smallest absolute Gasteiger partial charge is 0.257 e. The van der Waals surface area contributed by atoms with Crippen molar-refractivity contribution < 1.29 is 9.90 Å². The van der Waals surface area contributed by atoms with E-state index in [9.17, 15) is 9.90 Å². The molecule has 1 aliphatic rings. The van der Waals surface area contributed by atoms with E-state index in [0.29, 0.717) is 5.56 Å². The minimum Gasteiger partial charge on any atom is -0.507 e. The Morgan fingerprint density at radius 2 is 1.91 bits per heavy atom. The molecule has 0 radical (unpaired) electrons. The van der Waals surface area contributed by atoms with Crippen molar-refractivity contribution in [3.05, 3.63) is 42.0 Å². The highest BCUT2D eigenvalue weighted by atomic mass is 16.3. The van der Waals surface area contributed by atoms with Crippen molar-refractivity contribution in [2.45, 2.75) is 39.0 Å². The predicted molar refractivity (Wildman–Crippen MR) is 93.8 cm³/mol. The molecule has 3 nitrogen and oxygen atoms in total. The summed E-state index contributed by atoms with van der Waals surface area (Å²) in [6.45, 7) is 3.82. The van der Waals surface area contributed by atoms with Crippen LogP contribution in [0.15, 0.2) is 36.4 Å². The van der Waals surface area contributed by atoms with E-state index in [1.54, 1.807) is 6.07 Å². The second-order valence-electron chi connectivity index (χ2n) is 6.59. The standard InChI is InChI=1S/C20H25NO2/c1-2-6-15-7-5-11-21(12-10-15)20(23)18-13-16-8-3-4-9-17(16)14-19(18)22/h3-4,8-9,13-15,22H,2,5-7,10-12H2,1H3/t15-/m0/s1. The van der Waals surface area contributed by atoms with Gasteiger partial charge in [-0.05, 0) is 48.1 Å². The van der Waals surface area contributed by atoms with Crippen molar-refractivity contribution in [2.75, 3.05) is 13.1 Å². The molecular formula is C20H25NO2. The maximum atomic E-state index is 12.8. The molecule has 2 aromatic carbocycles. The first-order valence-electron chi connectivity index (χ1n) is 8.70. The van der Waals surface area contributed by atoms with Gasteiger partial charge in [-0.25, -0.2) is 0 Å². The largest absolute Gasteiger partial charge is 0.507 e. The molecule has 23 heavy (non-hydrogen) atoms. The van der Waals surface area contributed by atoms with Crippen LogP contribution in [0.4, 0.5) is 0 Å². The Labute approximate surface area is 137 Å². The molecule has 2 aromatic rings. The molecule has 1 saturated heterocycles. The van der Waals surface area contributed by atoms with Crippen LogP contribution in [0.25, 0.3) is 10.8 Å². The van der Waals surface area contributed by atoms with Crippen LogP contribution in [-0.4, -0.2) is 29.0 Å². The monoisotopic (exact) mass is 311 g/mol. The number of amides is 1. The van der Waals surface area contributed by atoms with Gasteiger partial charge in [0.15, 0.2) is 0 Å². The van der Waals surface area contributed by atoms with Gasteiger partial charge in [-0.1, -0.05) is 44.0 Å². The lowest BCUT2D eigenvalue weighted by molar-refractivity contribution is 0.0757. The molecule has 0 unspecified atom stereocenters. The Morgan fingerprint density at radius 3 is 2.65 bits per heavy atom. The van der Waals surface area contributed by atoms with E-state index < -0.39 is 0 Å². The van der Waals surface area contributed by atoms with Gasteiger partial charge in [-0.3, -0.25) is 4.79 Å². The zero-order valence-electron chi connectivity index (χ0n) is 13.8. The summed E-state index contributed by atoms with van der Waals surface area (Å²) in [6.07, 6.45) is 5.81. The average Bonchev–Trinajstić information content (AvgIpc) is 2.80. The van der Waals surface area contributed by atoms with E-state index in [2.05, 4.69) is 6.92 Å². The SMILES string of the molecule is CCC[C@H]1CCCN(C(=O)c2cc3ccccc3cc2O)CC1. The van der Waals surface area contributed by atoms with Crippen molar-refractivity contribution in [3.63, 3.8) is 0 Å². The Hall–Kier alpha value is -2.03. The summed E-state index contributed by atoms with van der Waals surface area (Å²) < 4.78 is 0. The number of aromatic hydroxyl groups is 1. The first-order valence-corrected chi connectivity index (χ1v) is 8.70. The molecule has 3 heteroatoms. The van der Waals surface area contributed by atoms with Crippen molar-refractivity contribution in [2.24, 2.45) is 5.92 Å². The maximum absolute atomic E-state index is 12.8. The number of hydrogen-bond acceptors (Lipinski definition) is 2. The van der Waals surface area contributed by atoms with Gasteiger partial charge >= 0.3 is 0 Å². The summed E-state index contributed by atoms with van der Waals surface area (Å²) in [5, 5.41) is 12.2. The molecule has 1 N–H and O–H groups in total. The number of likely N-dealkylation sites (tertiary alicyclic amines) is 1. The van der Waals surface area contributed by atoms with Crippen LogP contribution in [0.5, 0.6) is 5.75 Å². The van der Waals surface area contributed by atoms with E-state index in [4.69, 9.17) is 0 Å². The minimum atomic E-state index is -0.0367. The van der Waals surface area contributed by atoms with Crippen LogP contribution < -0.4 is 0 Å². The molecule has 0 spiro atoms. The summed E-state index contributed by atoms with van der Waals surface area (Å²) in [7, 11) is 0. The van der Waals surface area contributed by atoms with Gasteiger partial charge in [0.25, 0.3) is 5.91 Å². The highest BCUT2D eigenvalue weighted by Gasteiger charge is 2.23. The third-order valence-corrected chi connectivity index (χ3v) is 4.93. The topological polar surface area (TPSA) is 40.5 Å². The third-order valence-electron chi connectivity index (χ3n) is 4.93. The van der Waals surface area contributed by atoms with Crippen LogP contribution in [0.1, 0.15) is 49.4 Å². The summed E-state index contributed by atoms with van der Waals surface area (Å²) in [5.41, 5.74) is 0.428. The molecule has 1 fully saturated rings. The Morgan fingerprint density at radius 1 is 1.17 bits per heavy atom. The normalized spacial score (nSPS) is 18.8. The molecule has 1 amide bonds. The van der Waals surface area contributed by atoms with Crippen LogP contribution in [0, 0.1) is 5.92 Å². The number of phenols is 1. The Kier molecular flexibility index (Phi) is 4.85. The number of rotatable bonds is 3. The van der Waals surface area contributed by atoms with Crippen molar-refractivity contribution >= 4 is 16.7 Å². The van der Waals surface area contributed by atoms with Gasteiger partial charge in [0.2, 0.25) is 0 Å². The predicted octanol–water partition coefficient (Wildman–Crippen LogP) is 4.59. The van der Waals surface area contributed by atoms with E-state index in [0.717, 1.165) is 42.6 Å². The number of carbonyl (C=O) groups excluding carboxylic acids is 1. The zero-order valence-corrected chi connectivity index (χ0v) is 13.8. The van der Waals surface area contributed by atoms with E-state index in [1.807, 2.05) is 35.2 Å². The summed E-state index contributed by atoms with van der Waals surface area (Å²) in [6, 6.07) is 11.3. The van der Waals surface area contributed by atoms with Gasteiger partial charge in [-0.2, -0.15) is 0 Å². The Bertz CT molecular complexity index is 695. The van der Waals surface area contributed by atoms with Gasteiger partial charge in [0, 0.05) is 13.1 Å². The third kappa shape index (κ3) is 3.49. The van der Waals surface area contributed by atoms with Crippen molar-refractivity contribution in [1.82, 2.24) is 4.90 Å². The lowest BCUT2D eigenvalue weighted by atomic mass is 9.96. The van der Waals surface area contributed by atoms with Crippen LogP contribution in [0.3, 0.4) is 0 Å². The first kappa shape index (κ1) is 15.9. The second-order valence-corrected chi connectivity index (χ2v) is 6.59. The zero-order chi connectivity index (χ0) is 16.2. The van der Waals surface area contributed by atoms with Gasteiger partial charge < -0.3 is 10.0 Å². The minimum absolute atomic E-state index is 0.0367.